The Hall–Kier alpha value is -1.00. The van der Waals surface area contributed by atoms with E-state index >= 15 is 0 Å². The second-order valence-electron chi connectivity index (χ2n) is 2.82. The second-order valence-corrected chi connectivity index (χ2v) is 4.06. The maximum atomic E-state index is 9.27. The number of aryl methyl sites for hydroxylation is 1. The Morgan fingerprint density at radius 3 is 3.00 bits per heavy atom. The van der Waals surface area contributed by atoms with Gasteiger partial charge in [0.15, 0.2) is 5.05 Å². The van der Waals surface area contributed by atoms with Gasteiger partial charge < -0.3 is 5.11 Å². The summed E-state index contributed by atoms with van der Waals surface area (Å²) < 4.78 is 0.957. The molecule has 2 aromatic rings. The molecule has 66 valence electrons. The minimum absolute atomic E-state index is 0.0575. The minimum atomic E-state index is -0.0575. The molecule has 1 heterocycles. The van der Waals surface area contributed by atoms with Crippen molar-refractivity contribution in [1.82, 2.24) is 4.98 Å². The number of thiazole rings is 1. The summed E-state index contributed by atoms with van der Waals surface area (Å²) in [4.78, 5) is 4.17. The highest BCUT2D eigenvalue weighted by Crippen LogP contribution is 2.24. The maximum absolute atomic E-state index is 9.27. The van der Waals surface area contributed by atoms with Crippen LogP contribution in [0.4, 0.5) is 0 Å². The summed E-state index contributed by atoms with van der Waals surface area (Å²) in [5.41, 5.74) is 4.43. The molecule has 2 rings (SSSR count). The number of rotatable bonds is 1. The largest absolute Gasteiger partial charge is 0.498 e. The van der Waals surface area contributed by atoms with Crippen molar-refractivity contribution in [2.45, 2.75) is 6.92 Å². The van der Waals surface area contributed by atoms with Crippen molar-refractivity contribution in [3.63, 3.8) is 0 Å². The van der Waals surface area contributed by atoms with Crippen LogP contribution < -0.4 is 0 Å². The van der Waals surface area contributed by atoms with Crippen LogP contribution in [0, 0.1) is 6.92 Å². The Labute approximate surface area is 84.9 Å². The predicted molar refractivity (Wildman–Crippen MR) is 58.7 cm³/mol. The number of aliphatic hydroxyl groups is 1. The number of benzene rings is 1. The number of fused-ring (bicyclic) bond motifs is 1. The first-order valence-corrected chi connectivity index (χ1v) is 5.04. The van der Waals surface area contributed by atoms with Crippen molar-refractivity contribution in [2.24, 2.45) is 0 Å². The fourth-order valence-electron chi connectivity index (χ4n) is 1.27. The Kier molecular flexibility index (Phi) is 2.01. The van der Waals surface area contributed by atoms with Crippen LogP contribution in [0.5, 0.6) is 0 Å². The van der Waals surface area contributed by atoms with Crippen LogP contribution in [0.2, 0.25) is 0 Å². The van der Waals surface area contributed by atoms with E-state index in [4.69, 9.17) is 12.2 Å². The van der Waals surface area contributed by atoms with Gasteiger partial charge >= 0.3 is 0 Å². The molecule has 0 aliphatic rings. The van der Waals surface area contributed by atoms with E-state index < -0.39 is 0 Å². The molecule has 2 nitrogen and oxygen atoms in total. The van der Waals surface area contributed by atoms with Crippen molar-refractivity contribution in [1.29, 1.82) is 0 Å². The van der Waals surface area contributed by atoms with Gasteiger partial charge in [-0.05, 0) is 36.8 Å². The van der Waals surface area contributed by atoms with Gasteiger partial charge in [-0.3, -0.25) is 0 Å². The summed E-state index contributed by atoms with van der Waals surface area (Å²) in [6.07, 6.45) is 0. The third-order valence-corrected chi connectivity index (χ3v) is 2.90. The Morgan fingerprint density at radius 1 is 1.54 bits per heavy atom. The normalized spacial score (nSPS) is 10.5. The molecule has 1 aromatic heterocycles. The van der Waals surface area contributed by atoms with Crippen LogP contribution in [-0.2, 0) is 0 Å². The van der Waals surface area contributed by atoms with E-state index in [-0.39, 0.29) is 5.05 Å². The molecule has 0 atom stereocenters. The lowest BCUT2D eigenvalue weighted by Crippen LogP contribution is -1.95. The number of aromatic nitrogens is 1. The quantitative estimate of drug-likeness (QED) is 0.733. The lowest BCUT2D eigenvalue weighted by atomic mass is 10.1. The van der Waals surface area contributed by atoms with Gasteiger partial charge in [0.25, 0.3) is 0 Å². The summed E-state index contributed by atoms with van der Waals surface area (Å²) in [5.74, 6) is 0. The average molecular weight is 209 g/mol. The Bertz CT molecular complexity index is 475. The van der Waals surface area contributed by atoms with Crippen molar-refractivity contribution in [2.75, 3.05) is 0 Å². The van der Waals surface area contributed by atoms with Crippen molar-refractivity contribution < 1.29 is 5.11 Å². The van der Waals surface area contributed by atoms with Gasteiger partial charge in [-0.2, -0.15) is 0 Å². The molecule has 13 heavy (non-hydrogen) atoms. The van der Waals surface area contributed by atoms with E-state index in [9.17, 15) is 5.11 Å². The molecule has 0 fully saturated rings. The molecule has 4 heteroatoms. The SMILES string of the molecule is Cc1cc(C(O)=S)c2scnc2c1. The highest BCUT2D eigenvalue weighted by atomic mass is 32.1. The monoisotopic (exact) mass is 209 g/mol. The van der Waals surface area contributed by atoms with Crippen LogP contribution in [0.15, 0.2) is 17.6 Å². The molecule has 0 radical (unpaired) electrons. The standard InChI is InChI=1S/C9H7NOS2/c1-5-2-6(9(11)12)8-7(3-5)10-4-13-8/h2-4H,1H3,(H,11,12). The topological polar surface area (TPSA) is 33.1 Å². The molecule has 0 aliphatic heterocycles. The van der Waals surface area contributed by atoms with Crippen molar-refractivity contribution >= 4 is 38.8 Å². The van der Waals surface area contributed by atoms with E-state index in [0.29, 0.717) is 5.56 Å². The van der Waals surface area contributed by atoms with Gasteiger partial charge in [0.05, 0.1) is 15.7 Å². The first-order valence-electron chi connectivity index (χ1n) is 3.75. The summed E-state index contributed by atoms with van der Waals surface area (Å²) in [7, 11) is 0. The maximum Gasteiger partial charge on any atom is 0.190 e. The van der Waals surface area contributed by atoms with Gasteiger partial charge in [0.1, 0.15) is 0 Å². The first-order chi connectivity index (χ1) is 6.18. The Balaban J connectivity index is 2.84. The molecule has 0 saturated carbocycles. The van der Waals surface area contributed by atoms with E-state index in [2.05, 4.69) is 4.98 Å². The minimum Gasteiger partial charge on any atom is -0.498 e. The molecule has 0 unspecified atom stereocenters. The highest BCUT2D eigenvalue weighted by molar-refractivity contribution is 7.80. The highest BCUT2D eigenvalue weighted by Gasteiger charge is 2.07. The number of aliphatic hydroxyl groups excluding tert-OH is 1. The summed E-state index contributed by atoms with van der Waals surface area (Å²) in [6.45, 7) is 1.96. The summed E-state index contributed by atoms with van der Waals surface area (Å²) in [6, 6.07) is 3.86. The number of nitrogens with zero attached hydrogens (tertiary/aromatic N) is 1. The zero-order valence-corrected chi connectivity index (χ0v) is 8.58. The zero-order valence-electron chi connectivity index (χ0n) is 6.94. The smallest absolute Gasteiger partial charge is 0.190 e. The fourth-order valence-corrected chi connectivity index (χ4v) is 2.28. The third-order valence-electron chi connectivity index (χ3n) is 1.81. The van der Waals surface area contributed by atoms with E-state index in [1.54, 1.807) is 5.51 Å². The van der Waals surface area contributed by atoms with Gasteiger partial charge in [-0.25, -0.2) is 4.98 Å². The molecule has 0 bridgehead atoms. The summed E-state index contributed by atoms with van der Waals surface area (Å²) in [5, 5.41) is 9.22. The zero-order chi connectivity index (χ0) is 9.42. The van der Waals surface area contributed by atoms with Gasteiger partial charge in [-0.1, -0.05) is 0 Å². The van der Waals surface area contributed by atoms with Gasteiger partial charge in [0.2, 0.25) is 0 Å². The van der Waals surface area contributed by atoms with E-state index in [1.165, 1.54) is 11.3 Å². The van der Waals surface area contributed by atoms with Crippen LogP contribution in [0.1, 0.15) is 11.1 Å². The van der Waals surface area contributed by atoms with Gasteiger partial charge in [-0.15, -0.1) is 11.3 Å². The van der Waals surface area contributed by atoms with Crippen LogP contribution >= 0.6 is 23.6 Å². The molecule has 1 aromatic carbocycles. The molecule has 0 amide bonds. The van der Waals surface area contributed by atoms with Crippen molar-refractivity contribution in [3.05, 3.63) is 28.8 Å². The molecular weight excluding hydrogens is 202 g/mol. The fraction of sp³-hybridized carbons (Fsp3) is 0.111. The average Bonchev–Trinajstić information content (AvgIpc) is 2.49. The molecular formula is C9H7NOS2. The number of hydrogen-bond acceptors (Lipinski definition) is 3. The number of hydrogen-bond donors (Lipinski definition) is 1. The van der Waals surface area contributed by atoms with Crippen LogP contribution in [-0.4, -0.2) is 15.1 Å². The molecule has 1 N–H and O–H groups in total. The van der Waals surface area contributed by atoms with Crippen LogP contribution in [0.25, 0.3) is 10.2 Å². The molecule has 0 saturated heterocycles. The Morgan fingerprint density at radius 2 is 2.31 bits per heavy atom. The predicted octanol–water partition coefficient (Wildman–Crippen LogP) is 2.84. The second kappa shape index (κ2) is 3.05. The van der Waals surface area contributed by atoms with Crippen molar-refractivity contribution in [3.8, 4) is 0 Å². The van der Waals surface area contributed by atoms with E-state index in [0.717, 1.165) is 15.8 Å². The summed E-state index contributed by atoms with van der Waals surface area (Å²) >= 11 is 6.24. The third kappa shape index (κ3) is 1.43. The first kappa shape index (κ1) is 8.59. The van der Waals surface area contributed by atoms with E-state index in [1.807, 2.05) is 19.1 Å². The molecule has 0 spiro atoms. The molecule has 0 aliphatic carbocycles. The lowest BCUT2D eigenvalue weighted by molar-refractivity contribution is 0.571. The lowest BCUT2D eigenvalue weighted by Gasteiger charge is -1.99. The van der Waals surface area contributed by atoms with Crippen LogP contribution in [0.3, 0.4) is 0 Å². The van der Waals surface area contributed by atoms with Gasteiger partial charge in [0, 0.05) is 5.56 Å². The number of thiocarbonyl (C=S) groups is 1.